The minimum absolute atomic E-state index is 0.0604. The Morgan fingerprint density at radius 2 is 1.65 bits per heavy atom. The molecule has 3 N–H and O–H groups in total. The lowest BCUT2D eigenvalue weighted by Gasteiger charge is -2.21. The quantitative estimate of drug-likeness (QED) is 0.572. The van der Waals surface area contributed by atoms with Crippen LogP contribution >= 0.6 is 0 Å². The summed E-state index contributed by atoms with van der Waals surface area (Å²) >= 11 is 0. The first-order valence-electron chi connectivity index (χ1n) is 9.28. The van der Waals surface area contributed by atoms with Gasteiger partial charge >= 0.3 is 5.97 Å². The molecule has 0 bridgehead atoms. The van der Waals surface area contributed by atoms with Crippen molar-refractivity contribution in [2.24, 2.45) is 0 Å². The Morgan fingerprint density at radius 3 is 2.35 bits per heavy atom. The first kappa shape index (κ1) is 20.4. The van der Waals surface area contributed by atoms with Crippen LogP contribution < -0.4 is 14.9 Å². The van der Waals surface area contributed by atoms with Gasteiger partial charge in [0, 0.05) is 12.6 Å². The summed E-state index contributed by atoms with van der Waals surface area (Å²) in [6.45, 7) is 0. The number of carboxylic acid groups (broad SMARTS) is 1. The summed E-state index contributed by atoms with van der Waals surface area (Å²) in [6.07, 6.45) is 1.13. The van der Waals surface area contributed by atoms with Crippen LogP contribution in [0.3, 0.4) is 0 Å². The second kappa shape index (κ2) is 7.44. The molecule has 1 aliphatic heterocycles. The normalized spacial score (nSPS) is 12.6. The fraction of sp³-hybridized carbons (Fsp3) is 0.0909. The number of hydrogen-bond donors (Lipinski definition) is 3. The highest BCUT2D eigenvalue weighted by Crippen LogP contribution is 2.37. The second-order valence-corrected chi connectivity index (χ2v) is 9.17. The lowest BCUT2D eigenvalue weighted by molar-refractivity contribution is 0.0696. The Kier molecular flexibility index (Phi) is 4.90. The van der Waals surface area contributed by atoms with Crippen LogP contribution in [0.2, 0.25) is 0 Å². The molecule has 0 saturated carbocycles. The van der Waals surface area contributed by atoms with E-state index < -0.39 is 16.0 Å². The summed E-state index contributed by atoms with van der Waals surface area (Å²) in [4.78, 5) is 24.0. The molecule has 158 valence electrons. The van der Waals surface area contributed by atoms with Gasteiger partial charge in [0.25, 0.3) is 5.91 Å². The van der Waals surface area contributed by atoms with Gasteiger partial charge in [0.1, 0.15) is 0 Å². The number of benzene rings is 3. The van der Waals surface area contributed by atoms with Crippen molar-refractivity contribution in [3.8, 4) is 11.1 Å². The lowest BCUT2D eigenvalue weighted by atomic mass is 10.0. The van der Waals surface area contributed by atoms with Crippen LogP contribution in [0.25, 0.3) is 11.1 Å². The molecular weight excluding hydrogens is 418 g/mol. The van der Waals surface area contributed by atoms with Crippen molar-refractivity contribution in [3.63, 3.8) is 0 Å². The first-order valence-corrected chi connectivity index (χ1v) is 11.1. The topological polar surface area (TPSA) is 116 Å². The number of anilines is 4. The van der Waals surface area contributed by atoms with Gasteiger partial charge in [-0.1, -0.05) is 24.3 Å². The number of carbonyl (C=O) groups is 2. The zero-order valence-corrected chi connectivity index (χ0v) is 17.5. The highest BCUT2D eigenvalue weighted by molar-refractivity contribution is 7.92. The molecule has 1 amide bonds. The Labute approximate surface area is 179 Å². The molecule has 4 rings (SSSR count). The smallest absolute Gasteiger partial charge is 0.335 e. The van der Waals surface area contributed by atoms with E-state index in [1.165, 1.54) is 23.5 Å². The number of para-hydroxylation sites is 1. The van der Waals surface area contributed by atoms with E-state index in [1.807, 2.05) is 12.1 Å². The summed E-state index contributed by atoms with van der Waals surface area (Å²) in [5, 5.41) is 15.1. The summed E-state index contributed by atoms with van der Waals surface area (Å²) in [5.41, 5.74) is 3.79. The summed E-state index contributed by atoms with van der Waals surface area (Å²) < 4.78 is 25.3. The van der Waals surface area contributed by atoms with Crippen LogP contribution in [0.1, 0.15) is 20.7 Å². The minimum atomic E-state index is -3.46. The van der Waals surface area contributed by atoms with Crippen LogP contribution in [0.4, 0.5) is 22.7 Å². The number of aromatic carboxylic acids is 1. The molecule has 8 nitrogen and oxygen atoms in total. The summed E-state index contributed by atoms with van der Waals surface area (Å²) in [6, 6.07) is 16.7. The van der Waals surface area contributed by atoms with Crippen molar-refractivity contribution in [2.45, 2.75) is 0 Å². The molecule has 0 aliphatic carbocycles. The van der Waals surface area contributed by atoms with E-state index in [4.69, 9.17) is 0 Å². The number of rotatable bonds is 4. The molecule has 0 radical (unpaired) electrons. The predicted molar refractivity (Wildman–Crippen MR) is 120 cm³/mol. The van der Waals surface area contributed by atoms with Gasteiger partial charge in [-0.2, -0.15) is 0 Å². The van der Waals surface area contributed by atoms with E-state index >= 15 is 0 Å². The standard InChI is InChI=1S/C22H19N3O5S/c1-25(31(2,29)30)20-6-4-3-5-15(20)13-7-9-16-18(11-13)23-17-10-8-14(22(27)28)12-19(17)24-21(16)26/h3-12,23H,1-2H3,(H,24,26)(H,27,28). The monoisotopic (exact) mass is 437 g/mol. The largest absolute Gasteiger partial charge is 0.478 e. The summed E-state index contributed by atoms with van der Waals surface area (Å²) in [5.74, 6) is -1.47. The summed E-state index contributed by atoms with van der Waals surface area (Å²) in [7, 11) is -1.98. The van der Waals surface area contributed by atoms with Gasteiger partial charge in [-0.3, -0.25) is 9.10 Å². The molecule has 0 saturated heterocycles. The number of hydrogen-bond acceptors (Lipinski definition) is 5. The number of carbonyl (C=O) groups excluding carboxylic acids is 1. The minimum Gasteiger partial charge on any atom is -0.478 e. The molecule has 0 fully saturated rings. The van der Waals surface area contributed by atoms with Gasteiger partial charge in [0.05, 0.1) is 40.1 Å². The molecule has 0 unspecified atom stereocenters. The van der Waals surface area contributed by atoms with Crippen LogP contribution in [0.5, 0.6) is 0 Å². The molecule has 3 aromatic carbocycles. The van der Waals surface area contributed by atoms with E-state index in [9.17, 15) is 23.1 Å². The van der Waals surface area contributed by atoms with Gasteiger partial charge in [0.15, 0.2) is 0 Å². The molecule has 31 heavy (non-hydrogen) atoms. The molecule has 0 atom stereocenters. The predicted octanol–water partition coefficient (Wildman–Crippen LogP) is 3.76. The molecule has 1 heterocycles. The van der Waals surface area contributed by atoms with Gasteiger partial charge in [0.2, 0.25) is 10.0 Å². The van der Waals surface area contributed by atoms with Crippen LogP contribution in [-0.2, 0) is 10.0 Å². The SMILES string of the molecule is CN(c1ccccc1-c1ccc2c(c1)Nc1ccc(C(=O)O)cc1NC2=O)S(C)(=O)=O. The number of fused-ring (bicyclic) bond motifs is 2. The van der Waals surface area contributed by atoms with Crippen molar-refractivity contribution in [1.82, 2.24) is 0 Å². The van der Waals surface area contributed by atoms with E-state index in [-0.39, 0.29) is 11.5 Å². The first-order chi connectivity index (χ1) is 14.6. The van der Waals surface area contributed by atoms with Crippen molar-refractivity contribution >= 4 is 44.6 Å². The lowest BCUT2D eigenvalue weighted by Crippen LogP contribution is -2.25. The van der Waals surface area contributed by atoms with Crippen molar-refractivity contribution in [3.05, 3.63) is 71.8 Å². The van der Waals surface area contributed by atoms with Crippen LogP contribution in [0.15, 0.2) is 60.7 Å². The molecule has 9 heteroatoms. The third-order valence-electron chi connectivity index (χ3n) is 5.10. The maximum absolute atomic E-state index is 12.7. The number of nitrogens with zero attached hydrogens (tertiary/aromatic N) is 1. The molecule has 3 aromatic rings. The Balaban J connectivity index is 1.81. The Morgan fingerprint density at radius 1 is 0.903 bits per heavy atom. The number of carboxylic acids is 1. The Hall–Kier alpha value is -3.85. The zero-order chi connectivity index (χ0) is 22.3. The van der Waals surface area contributed by atoms with E-state index in [1.54, 1.807) is 36.4 Å². The fourth-order valence-electron chi connectivity index (χ4n) is 3.41. The van der Waals surface area contributed by atoms with Gasteiger partial charge in [-0.05, 0) is 42.0 Å². The van der Waals surface area contributed by atoms with Crippen molar-refractivity contribution < 1.29 is 23.1 Å². The highest BCUT2D eigenvalue weighted by Gasteiger charge is 2.22. The van der Waals surface area contributed by atoms with Gasteiger partial charge < -0.3 is 15.7 Å². The van der Waals surface area contributed by atoms with Crippen LogP contribution in [0, 0.1) is 0 Å². The number of nitrogens with one attached hydrogen (secondary N) is 2. The number of amides is 1. The fourth-order valence-corrected chi connectivity index (χ4v) is 3.93. The average Bonchev–Trinajstić information content (AvgIpc) is 2.87. The molecular formula is C22H19N3O5S. The maximum atomic E-state index is 12.7. The van der Waals surface area contributed by atoms with E-state index in [2.05, 4.69) is 10.6 Å². The van der Waals surface area contributed by atoms with E-state index in [0.29, 0.717) is 33.9 Å². The highest BCUT2D eigenvalue weighted by atomic mass is 32.2. The zero-order valence-electron chi connectivity index (χ0n) is 16.7. The average molecular weight is 437 g/mol. The third-order valence-corrected chi connectivity index (χ3v) is 6.29. The third kappa shape index (κ3) is 3.82. The Bertz CT molecular complexity index is 1330. The molecule has 0 spiro atoms. The second-order valence-electron chi connectivity index (χ2n) is 7.15. The number of sulfonamides is 1. The van der Waals surface area contributed by atoms with Crippen molar-refractivity contribution in [2.75, 3.05) is 28.2 Å². The maximum Gasteiger partial charge on any atom is 0.335 e. The van der Waals surface area contributed by atoms with Crippen molar-refractivity contribution in [1.29, 1.82) is 0 Å². The molecule has 0 aromatic heterocycles. The van der Waals surface area contributed by atoms with Gasteiger partial charge in [-0.25, -0.2) is 13.2 Å². The van der Waals surface area contributed by atoms with Crippen LogP contribution in [-0.4, -0.2) is 38.7 Å². The molecule has 1 aliphatic rings. The van der Waals surface area contributed by atoms with E-state index in [0.717, 1.165) is 11.8 Å². The van der Waals surface area contributed by atoms with Gasteiger partial charge in [-0.15, -0.1) is 0 Å².